The van der Waals surface area contributed by atoms with E-state index in [-0.39, 0.29) is 24.8 Å². The highest BCUT2D eigenvalue weighted by Crippen LogP contribution is 2.23. The standard InChI is InChI=1S/C13H18ClN5OS.2ClH/c14-11-2-1-10(21-11)8-18-3-5-19(6-4-18)9-12-16-13(7-15)20-17-12;;/h1-2H,3-9,15H2;2*1H. The zero-order chi connectivity index (χ0) is 14.7. The number of nitrogens with zero attached hydrogens (tertiary/aromatic N) is 4. The van der Waals surface area contributed by atoms with Crippen molar-refractivity contribution < 1.29 is 4.52 Å². The third kappa shape index (κ3) is 5.86. The van der Waals surface area contributed by atoms with Crippen LogP contribution < -0.4 is 5.73 Å². The maximum absolute atomic E-state index is 5.97. The number of hydrogen-bond donors (Lipinski definition) is 1. The van der Waals surface area contributed by atoms with Gasteiger partial charge in [0.1, 0.15) is 0 Å². The Morgan fingerprint density at radius 3 is 2.30 bits per heavy atom. The molecule has 0 aliphatic carbocycles. The molecule has 0 bridgehead atoms. The van der Waals surface area contributed by atoms with Crippen molar-refractivity contribution in [2.45, 2.75) is 19.6 Å². The van der Waals surface area contributed by atoms with Crippen LogP contribution in [0, 0.1) is 0 Å². The van der Waals surface area contributed by atoms with Crippen LogP contribution in [0.15, 0.2) is 16.7 Å². The van der Waals surface area contributed by atoms with Crippen LogP contribution in [0.4, 0.5) is 0 Å². The van der Waals surface area contributed by atoms with Crippen molar-refractivity contribution >= 4 is 47.8 Å². The normalized spacial score (nSPS) is 15.9. The first-order chi connectivity index (χ1) is 10.2. The van der Waals surface area contributed by atoms with Gasteiger partial charge in [0.2, 0.25) is 5.89 Å². The fourth-order valence-corrected chi connectivity index (χ4v) is 3.53. The molecular weight excluding hydrogens is 381 g/mol. The minimum absolute atomic E-state index is 0. The molecule has 0 saturated carbocycles. The number of nitrogens with two attached hydrogens (primary N) is 1. The van der Waals surface area contributed by atoms with Crippen molar-refractivity contribution in [1.82, 2.24) is 19.9 Å². The molecule has 6 nitrogen and oxygen atoms in total. The monoisotopic (exact) mass is 399 g/mol. The lowest BCUT2D eigenvalue weighted by atomic mass is 10.3. The van der Waals surface area contributed by atoms with E-state index >= 15 is 0 Å². The lowest BCUT2D eigenvalue weighted by molar-refractivity contribution is 0.120. The topological polar surface area (TPSA) is 71.4 Å². The minimum atomic E-state index is 0. The fourth-order valence-electron chi connectivity index (χ4n) is 2.40. The molecule has 0 unspecified atom stereocenters. The van der Waals surface area contributed by atoms with Crippen LogP contribution in [0.2, 0.25) is 4.34 Å². The summed E-state index contributed by atoms with van der Waals surface area (Å²) >= 11 is 7.62. The van der Waals surface area contributed by atoms with E-state index in [1.807, 2.05) is 6.07 Å². The molecule has 1 saturated heterocycles. The lowest BCUT2D eigenvalue weighted by Crippen LogP contribution is -2.45. The molecule has 1 aliphatic rings. The molecule has 130 valence electrons. The molecule has 23 heavy (non-hydrogen) atoms. The van der Waals surface area contributed by atoms with E-state index in [9.17, 15) is 0 Å². The fraction of sp³-hybridized carbons (Fsp3) is 0.538. The number of thiophene rings is 1. The molecule has 0 radical (unpaired) electrons. The summed E-state index contributed by atoms with van der Waals surface area (Å²) in [5, 5.41) is 3.94. The summed E-state index contributed by atoms with van der Waals surface area (Å²) in [6.45, 7) is 6.09. The van der Waals surface area contributed by atoms with E-state index in [1.165, 1.54) is 4.88 Å². The molecule has 3 rings (SSSR count). The van der Waals surface area contributed by atoms with Crippen molar-refractivity contribution in [1.29, 1.82) is 0 Å². The summed E-state index contributed by atoms with van der Waals surface area (Å²) in [7, 11) is 0. The van der Waals surface area contributed by atoms with E-state index < -0.39 is 0 Å². The van der Waals surface area contributed by atoms with E-state index in [2.05, 4.69) is 26.0 Å². The van der Waals surface area contributed by atoms with Crippen molar-refractivity contribution in [3.63, 3.8) is 0 Å². The zero-order valence-corrected chi connectivity index (χ0v) is 15.7. The molecule has 2 aromatic rings. The van der Waals surface area contributed by atoms with Gasteiger partial charge in [-0.05, 0) is 12.1 Å². The van der Waals surface area contributed by atoms with Gasteiger partial charge in [-0.15, -0.1) is 36.2 Å². The Morgan fingerprint density at radius 1 is 1.13 bits per heavy atom. The molecule has 3 heterocycles. The molecule has 2 aromatic heterocycles. The number of hydrogen-bond acceptors (Lipinski definition) is 7. The maximum Gasteiger partial charge on any atom is 0.240 e. The molecule has 0 aromatic carbocycles. The minimum Gasteiger partial charge on any atom is -0.338 e. The van der Waals surface area contributed by atoms with Crippen LogP contribution in [0.3, 0.4) is 0 Å². The first kappa shape index (κ1) is 20.6. The molecule has 0 atom stereocenters. The zero-order valence-electron chi connectivity index (χ0n) is 12.5. The number of aromatic nitrogens is 2. The van der Waals surface area contributed by atoms with Gasteiger partial charge in [0.25, 0.3) is 0 Å². The Labute approximate surface area is 156 Å². The summed E-state index contributed by atoms with van der Waals surface area (Å²) in [5.41, 5.74) is 5.46. The van der Waals surface area contributed by atoms with Gasteiger partial charge in [0.15, 0.2) is 5.82 Å². The van der Waals surface area contributed by atoms with Gasteiger partial charge in [-0.25, -0.2) is 0 Å². The van der Waals surface area contributed by atoms with Crippen molar-refractivity contribution in [3.8, 4) is 0 Å². The van der Waals surface area contributed by atoms with Crippen molar-refractivity contribution in [2.75, 3.05) is 26.2 Å². The lowest BCUT2D eigenvalue weighted by Gasteiger charge is -2.33. The highest BCUT2D eigenvalue weighted by Gasteiger charge is 2.19. The Hall–Kier alpha value is -0.410. The average Bonchev–Trinajstić information content (AvgIpc) is 3.10. The SMILES string of the molecule is Cl.Cl.NCc1nc(CN2CCN(Cc3ccc(Cl)s3)CC2)no1. The predicted molar refractivity (Wildman–Crippen MR) is 96.6 cm³/mol. The van der Waals surface area contributed by atoms with Crippen molar-refractivity contribution in [3.05, 3.63) is 33.1 Å². The predicted octanol–water partition coefficient (Wildman–Crippen LogP) is 2.40. The second kappa shape index (κ2) is 9.78. The van der Waals surface area contributed by atoms with Gasteiger partial charge in [0, 0.05) is 37.6 Å². The van der Waals surface area contributed by atoms with Crippen LogP contribution in [-0.4, -0.2) is 46.1 Å². The second-order valence-corrected chi connectivity index (χ2v) is 6.87. The molecular formula is C13H20Cl3N5OS. The number of rotatable bonds is 5. The first-order valence-corrected chi connectivity index (χ1v) is 8.13. The molecule has 1 fully saturated rings. The summed E-state index contributed by atoms with van der Waals surface area (Å²) in [4.78, 5) is 10.3. The van der Waals surface area contributed by atoms with Gasteiger partial charge >= 0.3 is 0 Å². The van der Waals surface area contributed by atoms with Crippen LogP contribution in [0.25, 0.3) is 0 Å². The van der Waals surface area contributed by atoms with Crippen LogP contribution in [0.5, 0.6) is 0 Å². The van der Waals surface area contributed by atoms with Crippen molar-refractivity contribution in [2.24, 2.45) is 5.73 Å². The average molecular weight is 401 g/mol. The molecule has 1 aliphatic heterocycles. The summed E-state index contributed by atoms with van der Waals surface area (Å²) in [6.07, 6.45) is 0. The third-order valence-corrected chi connectivity index (χ3v) is 4.74. The van der Waals surface area contributed by atoms with Gasteiger partial charge in [-0.2, -0.15) is 4.98 Å². The summed E-state index contributed by atoms with van der Waals surface area (Å²) < 4.78 is 5.88. The maximum atomic E-state index is 5.97. The molecule has 0 amide bonds. The first-order valence-electron chi connectivity index (χ1n) is 6.93. The summed E-state index contributed by atoms with van der Waals surface area (Å²) in [6, 6.07) is 4.07. The quantitative estimate of drug-likeness (QED) is 0.831. The van der Waals surface area contributed by atoms with Gasteiger partial charge in [-0.1, -0.05) is 16.8 Å². The molecule has 0 spiro atoms. The highest BCUT2D eigenvalue weighted by molar-refractivity contribution is 7.16. The Morgan fingerprint density at radius 2 is 1.78 bits per heavy atom. The largest absolute Gasteiger partial charge is 0.338 e. The Bertz CT molecular complexity index is 586. The van der Waals surface area contributed by atoms with Crippen LogP contribution >= 0.6 is 47.8 Å². The second-order valence-electron chi connectivity index (χ2n) is 5.07. The van der Waals surface area contributed by atoms with Gasteiger partial charge in [0.05, 0.1) is 17.4 Å². The number of halogens is 3. The smallest absolute Gasteiger partial charge is 0.240 e. The molecule has 2 N–H and O–H groups in total. The van der Waals surface area contributed by atoms with Crippen LogP contribution in [-0.2, 0) is 19.6 Å². The van der Waals surface area contributed by atoms with E-state index in [0.717, 1.165) is 43.6 Å². The van der Waals surface area contributed by atoms with E-state index in [0.29, 0.717) is 18.3 Å². The van der Waals surface area contributed by atoms with Crippen LogP contribution in [0.1, 0.15) is 16.6 Å². The van der Waals surface area contributed by atoms with E-state index in [4.69, 9.17) is 21.9 Å². The number of piperazine rings is 1. The summed E-state index contributed by atoms with van der Waals surface area (Å²) in [5.74, 6) is 1.21. The van der Waals surface area contributed by atoms with Gasteiger partial charge in [-0.3, -0.25) is 9.80 Å². The highest BCUT2D eigenvalue weighted by atomic mass is 35.5. The third-order valence-electron chi connectivity index (χ3n) is 3.52. The van der Waals surface area contributed by atoms with Gasteiger partial charge < -0.3 is 10.3 Å². The molecule has 10 heteroatoms. The Kier molecular flexibility index (Phi) is 8.78. The van der Waals surface area contributed by atoms with E-state index in [1.54, 1.807) is 11.3 Å². The Balaban J connectivity index is 0.00000132.